The van der Waals surface area contributed by atoms with Gasteiger partial charge in [0.05, 0.1) is 11.7 Å². The van der Waals surface area contributed by atoms with E-state index >= 15 is 0 Å². The van der Waals surface area contributed by atoms with Gasteiger partial charge in [-0.1, -0.05) is 6.07 Å². The molecule has 0 saturated carbocycles. The van der Waals surface area contributed by atoms with Gasteiger partial charge in [0.15, 0.2) is 0 Å². The van der Waals surface area contributed by atoms with E-state index in [0.717, 1.165) is 31.9 Å². The van der Waals surface area contributed by atoms with Gasteiger partial charge >= 0.3 is 0 Å². The zero-order chi connectivity index (χ0) is 11.4. The molecule has 1 fully saturated rings. The molecule has 1 aromatic heterocycles. The van der Waals surface area contributed by atoms with Gasteiger partial charge in [-0.05, 0) is 19.2 Å². The van der Waals surface area contributed by atoms with E-state index in [9.17, 15) is 0 Å². The summed E-state index contributed by atoms with van der Waals surface area (Å²) in [5, 5.41) is 0. The maximum Gasteiger partial charge on any atom is 0.0645 e. The summed E-state index contributed by atoms with van der Waals surface area (Å²) in [7, 11) is 2.16. The number of likely N-dealkylation sites (N-methyl/N-ethyl adjacent to an activating group) is 1. The van der Waals surface area contributed by atoms with Crippen molar-refractivity contribution in [2.45, 2.75) is 6.04 Å². The molecule has 0 radical (unpaired) electrons. The summed E-state index contributed by atoms with van der Waals surface area (Å²) in [6.45, 7) is 5.03. The van der Waals surface area contributed by atoms with Gasteiger partial charge in [-0.3, -0.25) is 9.88 Å². The molecule has 1 aromatic rings. The van der Waals surface area contributed by atoms with Crippen molar-refractivity contribution < 1.29 is 0 Å². The van der Waals surface area contributed by atoms with Crippen LogP contribution in [0.4, 0.5) is 0 Å². The number of hydrogen-bond acceptors (Lipinski definition) is 4. The van der Waals surface area contributed by atoms with Crippen molar-refractivity contribution in [3.05, 3.63) is 30.1 Å². The van der Waals surface area contributed by atoms with Crippen molar-refractivity contribution in [2.24, 2.45) is 5.73 Å². The molecule has 88 valence electrons. The maximum atomic E-state index is 5.88. The van der Waals surface area contributed by atoms with Crippen molar-refractivity contribution in [1.29, 1.82) is 0 Å². The van der Waals surface area contributed by atoms with Crippen molar-refractivity contribution in [3.8, 4) is 0 Å². The Morgan fingerprint density at radius 2 is 2.06 bits per heavy atom. The number of nitrogens with two attached hydrogens (primary N) is 1. The zero-order valence-electron chi connectivity index (χ0n) is 9.84. The van der Waals surface area contributed by atoms with Crippen LogP contribution < -0.4 is 5.73 Å². The van der Waals surface area contributed by atoms with Gasteiger partial charge in [0, 0.05) is 38.9 Å². The molecule has 0 spiro atoms. The summed E-state index contributed by atoms with van der Waals surface area (Å²) in [5.41, 5.74) is 6.97. The normalized spacial score (nSPS) is 20.9. The highest BCUT2D eigenvalue weighted by atomic mass is 15.3. The third-order valence-electron chi connectivity index (χ3n) is 3.23. The van der Waals surface area contributed by atoms with Crippen LogP contribution in [0.25, 0.3) is 0 Å². The van der Waals surface area contributed by atoms with Gasteiger partial charge in [-0.2, -0.15) is 0 Å². The number of hydrogen-bond donors (Lipinski definition) is 1. The Morgan fingerprint density at radius 1 is 1.31 bits per heavy atom. The number of aromatic nitrogens is 1. The molecule has 16 heavy (non-hydrogen) atoms. The maximum absolute atomic E-state index is 5.88. The predicted octanol–water partition coefficient (Wildman–Crippen LogP) is 0.329. The Morgan fingerprint density at radius 3 is 2.62 bits per heavy atom. The van der Waals surface area contributed by atoms with Crippen molar-refractivity contribution in [2.75, 3.05) is 39.8 Å². The van der Waals surface area contributed by atoms with E-state index in [2.05, 4.69) is 27.9 Å². The molecule has 2 rings (SSSR count). The third-order valence-corrected chi connectivity index (χ3v) is 3.23. The molecule has 2 heterocycles. The molecule has 2 N–H and O–H groups in total. The quantitative estimate of drug-likeness (QED) is 0.797. The topological polar surface area (TPSA) is 45.4 Å². The Kier molecular flexibility index (Phi) is 3.88. The molecule has 4 nitrogen and oxygen atoms in total. The van der Waals surface area contributed by atoms with Crippen LogP contribution >= 0.6 is 0 Å². The fraction of sp³-hybridized carbons (Fsp3) is 0.583. The molecule has 0 aromatic carbocycles. The first-order valence-corrected chi connectivity index (χ1v) is 5.85. The van der Waals surface area contributed by atoms with Gasteiger partial charge in [-0.15, -0.1) is 0 Å². The highest BCUT2D eigenvalue weighted by molar-refractivity contribution is 5.09. The first-order valence-electron chi connectivity index (χ1n) is 5.85. The fourth-order valence-electron chi connectivity index (χ4n) is 2.16. The first kappa shape index (κ1) is 11.5. The lowest BCUT2D eigenvalue weighted by Gasteiger charge is -2.37. The Labute approximate surface area is 97.1 Å². The van der Waals surface area contributed by atoms with E-state index in [1.54, 1.807) is 0 Å². The second-order valence-corrected chi connectivity index (χ2v) is 4.35. The minimum atomic E-state index is 0.273. The van der Waals surface area contributed by atoms with Crippen LogP contribution in [0.1, 0.15) is 11.7 Å². The largest absolute Gasteiger partial charge is 0.329 e. The average molecular weight is 220 g/mol. The zero-order valence-corrected chi connectivity index (χ0v) is 9.84. The number of piperazine rings is 1. The van der Waals surface area contributed by atoms with Crippen LogP contribution in [-0.2, 0) is 0 Å². The van der Waals surface area contributed by atoms with Crippen LogP contribution in [0, 0.1) is 0 Å². The average Bonchev–Trinajstić information content (AvgIpc) is 2.34. The van der Waals surface area contributed by atoms with E-state index in [1.165, 1.54) is 0 Å². The van der Waals surface area contributed by atoms with E-state index < -0.39 is 0 Å². The number of pyridine rings is 1. The lowest BCUT2D eigenvalue weighted by molar-refractivity contribution is 0.112. The second kappa shape index (κ2) is 5.39. The summed E-state index contributed by atoms with van der Waals surface area (Å²) in [5.74, 6) is 0. The Balaban J connectivity index is 2.05. The standard InChI is InChI=1S/C12H20N4/c1-15-6-8-16(9-7-15)12(10-13)11-4-2-3-5-14-11/h2-5,12H,6-10,13H2,1H3. The van der Waals surface area contributed by atoms with Crippen LogP contribution in [0.2, 0.25) is 0 Å². The van der Waals surface area contributed by atoms with Gasteiger partial charge in [0.2, 0.25) is 0 Å². The Hall–Kier alpha value is -0.970. The van der Waals surface area contributed by atoms with Crippen LogP contribution in [0.5, 0.6) is 0 Å². The monoisotopic (exact) mass is 220 g/mol. The summed E-state index contributed by atoms with van der Waals surface area (Å²) in [4.78, 5) is 9.19. The number of rotatable bonds is 3. The van der Waals surface area contributed by atoms with Gasteiger partial charge in [0.1, 0.15) is 0 Å². The van der Waals surface area contributed by atoms with Crippen molar-refractivity contribution >= 4 is 0 Å². The summed E-state index contributed by atoms with van der Waals surface area (Å²) < 4.78 is 0. The molecule has 1 aliphatic rings. The third kappa shape index (κ3) is 2.58. The van der Waals surface area contributed by atoms with Crippen LogP contribution in [0.15, 0.2) is 24.4 Å². The van der Waals surface area contributed by atoms with Gasteiger partial charge in [0.25, 0.3) is 0 Å². The highest BCUT2D eigenvalue weighted by Crippen LogP contribution is 2.18. The van der Waals surface area contributed by atoms with Crippen LogP contribution in [0.3, 0.4) is 0 Å². The number of nitrogens with zero attached hydrogens (tertiary/aromatic N) is 3. The van der Waals surface area contributed by atoms with E-state index in [-0.39, 0.29) is 6.04 Å². The first-order chi connectivity index (χ1) is 7.81. The molecular weight excluding hydrogens is 200 g/mol. The molecule has 1 saturated heterocycles. The molecule has 0 aliphatic carbocycles. The van der Waals surface area contributed by atoms with E-state index in [0.29, 0.717) is 6.54 Å². The minimum Gasteiger partial charge on any atom is -0.329 e. The van der Waals surface area contributed by atoms with Crippen LogP contribution in [-0.4, -0.2) is 54.6 Å². The molecule has 4 heteroatoms. The van der Waals surface area contributed by atoms with Gasteiger partial charge < -0.3 is 10.6 Å². The molecule has 0 amide bonds. The Bertz CT molecular complexity index is 306. The molecule has 0 bridgehead atoms. The summed E-state index contributed by atoms with van der Waals surface area (Å²) in [6, 6.07) is 6.31. The van der Waals surface area contributed by atoms with Gasteiger partial charge in [-0.25, -0.2) is 0 Å². The van der Waals surface area contributed by atoms with E-state index in [1.807, 2.05) is 18.3 Å². The molecule has 1 aliphatic heterocycles. The molecule has 1 atom stereocenters. The smallest absolute Gasteiger partial charge is 0.0645 e. The molecule has 1 unspecified atom stereocenters. The predicted molar refractivity (Wildman–Crippen MR) is 65.1 cm³/mol. The fourth-order valence-corrected chi connectivity index (χ4v) is 2.16. The van der Waals surface area contributed by atoms with Crippen molar-refractivity contribution in [3.63, 3.8) is 0 Å². The molecular formula is C12H20N4. The van der Waals surface area contributed by atoms with E-state index in [4.69, 9.17) is 5.73 Å². The summed E-state index contributed by atoms with van der Waals surface area (Å²) >= 11 is 0. The van der Waals surface area contributed by atoms with Crippen molar-refractivity contribution in [1.82, 2.24) is 14.8 Å². The highest BCUT2D eigenvalue weighted by Gasteiger charge is 2.23. The lowest BCUT2D eigenvalue weighted by Crippen LogP contribution is -2.47. The summed E-state index contributed by atoms with van der Waals surface area (Å²) in [6.07, 6.45) is 1.84. The second-order valence-electron chi connectivity index (χ2n) is 4.35. The lowest BCUT2D eigenvalue weighted by atomic mass is 10.1. The minimum absolute atomic E-state index is 0.273. The SMILES string of the molecule is CN1CCN(C(CN)c2ccccn2)CC1.